The van der Waals surface area contributed by atoms with Crippen LogP contribution in [0.5, 0.6) is 5.75 Å². The van der Waals surface area contributed by atoms with Crippen LogP contribution in [0.2, 0.25) is 0 Å². The topological polar surface area (TPSA) is 58.6 Å². The Morgan fingerprint density at radius 2 is 2.00 bits per heavy atom. The summed E-state index contributed by atoms with van der Waals surface area (Å²) in [5.41, 5.74) is 0. The summed E-state index contributed by atoms with van der Waals surface area (Å²) in [6.07, 6.45) is 0.122. The normalized spacial score (nSPS) is 13.8. The quantitative estimate of drug-likeness (QED) is 0.785. The molecule has 0 radical (unpaired) electrons. The average molecular weight is 237 g/mol. The maximum atomic E-state index is 11.5. The number of rotatable bonds is 6. The van der Waals surface area contributed by atoms with E-state index in [1.54, 1.807) is 19.1 Å². The number of benzene rings is 1. The van der Waals surface area contributed by atoms with E-state index in [1.165, 1.54) is 0 Å². The number of para-hydroxylation sites is 1. The Balaban J connectivity index is 2.26. The summed E-state index contributed by atoms with van der Waals surface area (Å²) in [6.45, 7) is 3.55. The highest BCUT2D eigenvalue weighted by Crippen LogP contribution is 2.07. The molecule has 17 heavy (non-hydrogen) atoms. The van der Waals surface area contributed by atoms with E-state index in [9.17, 15) is 4.79 Å². The zero-order chi connectivity index (χ0) is 12.7. The van der Waals surface area contributed by atoms with Crippen molar-refractivity contribution in [2.24, 2.45) is 0 Å². The Kier molecular flexibility index (Phi) is 5.49. The molecular formula is C13H19NO3. The Labute approximate surface area is 102 Å². The number of carbonyl (C=O) groups excluding carboxylic acids is 1. The number of aliphatic hydroxyl groups excluding tert-OH is 1. The number of amides is 1. The van der Waals surface area contributed by atoms with Crippen molar-refractivity contribution >= 4 is 5.91 Å². The van der Waals surface area contributed by atoms with Gasteiger partial charge in [0.05, 0.1) is 6.10 Å². The molecule has 0 saturated carbocycles. The lowest BCUT2D eigenvalue weighted by atomic mass is 10.1. The molecule has 1 aromatic carbocycles. The van der Waals surface area contributed by atoms with Gasteiger partial charge in [0, 0.05) is 6.04 Å². The van der Waals surface area contributed by atoms with Crippen molar-refractivity contribution in [3.63, 3.8) is 0 Å². The molecule has 0 aliphatic rings. The smallest absolute Gasteiger partial charge is 0.258 e. The zero-order valence-corrected chi connectivity index (χ0v) is 10.2. The van der Waals surface area contributed by atoms with Gasteiger partial charge in [-0.05, 0) is 32.4 Å². The van der Waals surface area contributed by atoms with Crippen LogP contribution in [0.3, 0.4) is 0 Å². The van der Waals surface area contributed by atoms with E-state index >= 15 is 0 Å². The van der Waals surface area contributed by atoms with Crippen molar-refractivity contribution in [2.45, 2.75) is 32.4 Å². The molecule has 0 bridgehead atoms. The summed E-state index contributed by atoms with van der Waals surface area (Å²) in [6, 6.07) is 9.13. The predicted molar refractivity (Wildman–Crippen MR) is 65.8 cm³/mol. The summed E-state index contributed by atoms with van der Waals surface area (Å²) in [4.78, 5) is 11.5. The number of carbonyl (C=O) groups is 1. The minimum Gasteiger partial charge on any atom is -0.484 e. The van der Waals surface area contributed by atoms with Gasteiger partial charge in [0.1, 0.15) is 5.75 Å². The molecule has 0 aromatic heterocycles. The van der Waals surface area contributed by atoms with Gasteiger partial charge in [-0.25, -0.2) is 0 Å². The van der Waals surface area contributed by atoms with Crippen LogP contribution in [0.1, 0.15) is 20.3 Å². The van der Waals surface area contributed by atoms with Gasteiger partial charge < -0.3 is 15.2 Å². The van der Waals surface area contributed by atoms with E-state index in [4.69, 9.17) is 9.84 Å². The molecule has 0 fully saturated rings. The third-order valence-electron chi connectivity index (χ3n) is 2.22. The van der Waals surface area contributed by atoms with Crippen LogP contribution in [0, 0.1) is 0 Å². The molecular weight excluding hydrogens is 218 g/mol. The molecule has 0 aliphatic carbocycles. The lowest BCUT2D eigenvalue weighted by molar-refractivity contribution is -0.123. The molecule has 1 rings (SSSR count). The molecule has 4 nitrogen and oxygen atoms in total. The number of hydrogen-bond donors (Lipinski definition) is 2. The van der Waals surface area contributed by atoms with Crippen molar-refractivity contribution < 1.29 is 14.6 Å². The second kappa shape index (κ2) is 6.91. The average Bonchev–Trinajstić information content (AvgIpc) is 2.26. The number of ether oxygens (including phenoxy) is 1. The molecule has 2 N–H and O–H groups in total. The minimum atomic E-state index is -0.416. The first-order valence-corrected chi connectivity index (χ1v) is 5.73. The van der Waals surface area contributed by atoms with E-state index < -0.39 is 6.10 Å². The largest absolute Gasteiger partial charge is 0.484 e. The molecule has 0 heterocycles. The van der Waals surface area contributed by atoms with Crippen molar-refractivity contribution in [3.05, 3.63) is 30.3 Å². The van der Waals surface area contributed by atoms with E-state index in [-0.39, 0.29) is 18.6 Å². The van der Waals surface area contributed by atoms with Crippen LogP contribution in [0.25, 0.3) is 0 Å². The Hall–Kier alpha value is -1.55. The second-order valence-electron chi connectivity index (χ2n) is 4.16. The summed E-state index contributed by atoms with van der Waals surface area (Å²) in [7, 11) is 0. The minimum absolute atomic E-state index is 0.00579. The fraction of sp³-hybridized carbons (Fsp3) is 0.462. The molecule has 1 amide bonds. The summed E-state index contributed by atoms with van der Waals surface area (Å²) < 4.78 is 5.30. The highest BCUT2D eigenvalue weighted by Gasteiger charge is 2.10. The van der Waals surface area contributed by atoms with Crippen LogP contribution < -0.4 is 10.1 Å². The first-order chi connectivity index (χ1) is 8.08. The van der Waals surface area contributed by atoms with Crippen molar-refractivity contribution in [1.82, 2.24) is 5.32 Å². The number of hydrogen-bond acceptors (Lipinski definition) is 3. The first kappa shape index (κ1) is 13.5. The van der Waals surface area contributed by atoms with Crippen LogP contribution in [-0.2, 0) is 4.79 Å². The summed E-state index contributed by atoms with van der Waals surface area (Å²) in [5.74, 6) is 0.493. The fourth-order valence-electron chi connectivity index (χ4n) is 1.55. The molecule has 94 valence electrons. The van der Waals surface area contributed by atoms with Gasteiger partial charge in [0.15, 0.2) is 6.61 Å². The van der Waals surface area contributed by atoms with Gasteiger partial charge in [0.25, 0.3) is 5.91 Å². The van der Waals surface area contributed by atoms with Crippen LogP contribution in [0.15, 0.2) is 30.3 Å². The van der Waals surface area contributed by atoms with E-state index in [1.807, 2.05) is 25.1 Å². The maximum absolute atomic E-state index is 11.5. The fourth-order valence-corrected chi connectivity index (χ4v) is 1.55. The van der Waals surface area contributed by atoms with Gasteiger partial charge in [0.2, 0.25) is 0 Å². The van der Waals surface area contributed by atoms with Crippen LogP contribution >= 0.6 is 0 Å². The molecule has 4 heteroatoms. The molecule has 0 spiro atoms. The molecule has 2 unspecified atom stereocenters. The van der Waals surface area contributed by atoms with Crippen LogP contribution in [-0.4, -0.2) is 29.8 Å². The second-order valence-corrected chi connectivity index (χ2v) is 4.16. The molecule has 0 saturated heterocycles. The molecule has 1 aromatic rings. The van der Waals surface area contributed by atoms with Gasteiger partial charge in [-0.15, -0.1) is 0 Å². The number of nitrogens with one attached hydrogen (secondary N) is 1. The predicted octanol–water partition coefficient (Wildman–Crippen LogP) is 1.34. The van der Waals surface area contributed by atoms with Crippen molar-refractivity contribution in [1.29, 1.82) is 0 Å². The SMILES string of the molecule is CC(O)CC(C)NC(=O)COc1ccccc1. The van der Waals surface area contributed by atoms with Gasteiger partial charge in [-0.2, -0.15) is 0 Å². The molecule has 2 atom stereocenters. The van der Waals surface area contributed by atoms with Crippen LogP contribution in [0.4, 0.5) is 0 Å². The maximum Gasteiger partial charge on any atom is 0.258 e. The third-order valence-corrected chi connectivity index (χ3v) is 2.22. The summed E-state index contributed by atoms with van der Waals surface area (Å²) in [5, 5.41) is 11.9. The van der Waals surface area contributed by atoms with E-state index in [2.05, 4.69) is 5.32 Å². The van der Waals surface area contributed by atoms with Gasteiger partial charge in [-0.3, -0.25) is 4.79 Å². The third kappa shape index (κ3) is 5.92. The van der Waals surface area contributed by atoms with Crippen molar-refractivity contribution in [2.75, 3.05) is 6.61 Å². The Bertz CT molecular complexity index is 338. The summed E-state index contributed by atoms with van der Waals surface area (Å²) >= 11 is 0. The van der Waals surface area contributed by atoms with Crippen molar-refractivity contribution in [3.8, 4) is 5.75 Å². The molecule has 0 aliphatic heterocycles. The van der Waals surface area contributed by atoms with E-state index in [0.29, 0.717) is 12.2 Å². The first-order valence-electron chi connectivity index (χ1n) is 5.73. The monoisotopic (exact) mass is 237 g/mol. The van der Waals surface area contributed by atoms with E-state index in [0.717, 1.165) is 0 Å². The highest BCUT2D eigenvalue weighted by atomic mass is 16.5. The number of aliphatic hydroxyl groups is 1. The Morgan fingerprint density at radius 1 is 1.35 bits per heavy atom. The lowest BCUT2D eigenvalue weighted by Crippen LogP contribution is -2.37. The zero-order valence-electron chi connectivity index (χ0n) is 10.2. The lowest BCUT2D eigenvalue weighted by Gasteiger charge is -2.15. The van der Waals surface area contributed by atoms with Gasteiger partial charge in [-0.1, -0.05) is 18.2 Å². The Morgan fingerprint density at radius 3 is 2.59 bits per heavy atom. The van der Waals surface area contributed by atoms with Gasteiger partial charge >= 0.3 is 0 Å². The highest BCUT2D eigenvalue weighted by molar-refractivity contribution is 5.77. The standard InChI is InChI=1S/C13H19NO3/c1-10(8-11(2)15)14-13(16)9-17-12-6-4-3-5-7-12/h3-7,10-11,15H,8-9H2,1-2H3,(H,14,16).